The van der Waals surface area contributed by atoms with Gasteiger partial charge in [0.05, 0.1) is 0 Å². The van der Waals surface area contributed by atoms with Gasteiger partial charge in [0.15, 0.2) is 11.6 Å². The largest absolute Gasteiger partial charge is 0.310 e. The summed E-state index contributed by atoms with van der Waals surface area (Å²) < 4.78 is 26.0. The van der Waals surface area contributed by atoms with Crippen molar-refractivity contribution in [3.63, 3.8) is 0 Å². The first-order valence-electron chi connectivity index (χ1n) is 6.49. The standard InChI is InChI=1S/C16H16ClF2N/c1-11(13-4-7-15(18)16(19)10-13)20-9-8-12-2-5-14(17)6-3-12/h2-7,10-11,20H,8-9H2,1H3. The lowest BCUT2D eigenvalue weighted by molar-refractivity contribution is 0.501. The molecule has 0 heterocycles. The van der Waals surface area contributed by atoms with E-state index in [0.717, 1.165) is 29.6 Å². The van der Waals surface area contributed by atoms with Crippen LogP contribution in [0.15, 0.2) is 42.5 Å². The summed E-state index contributed by atoms with van der Waals surface area (Å²) in [7, 11) is 0. The fourth-order valence-electron chi connectivity index (χ4n) is 1.98. The highest BCUT2D eigenvalue weighted by molar-refractivity contribution is 6.30. The molecule has 0 aliphatic rings. The summed E-state index contributed by atoms with van der Waals surface area (Å²) >= 11 is 5.82. The molecule has 2 rings (SSSR count). The molecule has 0 aliphatic heterocycles. The van der Waals surface area contributed by atoms with E-state index in [1.54, 1.807) is 6.07 Å². The number of nitrogens with one attached hydrogen (secondary N) is 1. The van der Waals surface area contributed by atoms with Crippen LogP contribution in [0.3, 0.4) is 0 Å². The van der Waals surface area contributed by atoms with Crippen LogP contribution >= 0.6 is 11.6 Å². The maximum absolute atomic E-state index is 13.1. The monoisotopic (exact) mass is 295 g/mol. The van der Waals surface area contributed by atoms with Crippen LogP contribution in [0.4, 0.5) is 8.78 Å². The Morgan fingerprint density at radius 2 is 1.75 bits per heavy atom. The highest BCUT2D eigenvalue weighted by atomic mass is 35.5. The van der Waals surface area contributed by atoms with Gasteiger partial charge in [-0.25, -0.2) is 8.78 Å². The summed E-state index contributed by atoms with van der Waals surface area (Å²) in [5, 5.41) is 4.01. The molecule has 0 spiro atoms. The summed E-state index contributed by atoms with van der Waals surface area (Å²) in [5.74, 6) is -1.63. The zero-order chi connectivity index (χ0) is 14.5. The molecule has 0 fully saturated rings. The van der Waals surface area contributed by atoms with Gasteiger partial charge in [-0.3, -0.25) is 0 Å². The molecule has 0 saturated carbocycles. The highest BCUT2D eigenvalue weighted by Gasteiger charge is 2.08. The van der Waals surface area contributed by atoms with E-state index in [4.69, 9.17) is 11.6 Å². The van der Waals surface area contributed by atoms with Crippen molar-refractivity contribution in [1.82, 2.24) is 5.32 Å². The zero-order valence-electron chi connectivity index (χ0n) is 11.2. The minimum Gasteiger partial charge on any atom is -0.310 e. The summed E-state index contributed by atoms with van der Waals surface area (Å²) in [4.78, 5) is 0. The molecule has 2 aromatic rings. The third-order valence-electron chi connectivity index (χ3n) is 3.22. The van der Waals surface area contributed by atoms with Crippen LogP contribution in [0, 0.1) is 11.6 Å². The Morgan fingerprint density at radius 1 is 1.05 bits per heavy atom. The normalized spacial score (nSPS) is 12.4. The predicted octanol–water partition coefficient (Wildman–Crippen LogP) is 4.51. The predicted molar refractivity (Wildman–Crippen MR) is 77.9 cm³/mol. The molecular formula is C16H16ClF2N. The van der Waals surface area contributed by atoms with Gasteiger partial charge in [-0.2, -0.15) is 0 Å². The van der Waals surface area contributed by atoms with E-state index in [1.165, 1.54) is 11.6 Å². The first kappa shape index (κ1) is 14.9. The summed E-state index contributed by atoms with van der Waals surface area (Å²) in [5.41, 5.74) is 1.92. The third kappa shape index (κ3) is 4.02. The molecular weight excluding hydrogens is 280 g/mol. The molecule has 4 heteroatoms. The maximum Gasteiger partial charge on any atom is 0.159 e. The van der Waals surface area contributed by atoms with Crippen molar-refractivity contribution < 1.29 is 8.78 Å². The molecule has 2 aromatic carbocycles. The quantitative estimate of drug-likeness (QED) is 0.855. The molecule has 1 unspecified atom stereocenters. The highest BCUT2D eigenvalue weighted by Crippen LogP contribution is 2.16. The topological polar surface area (TPSA) is 12.0 Å². The Labute approximate surface area is 122 Å². The molecule has 20 heavy (non-hydrogen) atoms. The molecule has 1 nitrogen and oxygen atoms in total. The van der Waals surface area contributed by atoms with E-state index in [1.807, 2.05) is 31.2 Å². The average molecular weight is 296 g/mol. The van der Waals surface area contributed by atoms with Crippen LogP contribution in [0.1, 0.15) is 24.1 Å². The fourth-order valence-corrected chi connectivity index (χ4v) is 2.11. The van der Waals surface area contributed by atoms with E-state index in [9.17, 15) is 8.78 Å². The maximum atomic E-state index is 13.1. The third-order valence-corrected chi connectivity index (χ3v) is 3.47. The second-order valence-corrected chi connectivity index (χ2v) is 5.16. The second kappa shape index (κ2) is 6.82. The Bertz CT molecular complexity index is 569. The first-order valence-corrected chi connectivity index (χ1v) is 6.87. The number of halogens is 3. The number of benzene rings is 2. The smallest absolute Gasteiger partial charge is 0.159 e. The minimum atomic E-state index is -0.817. The molecule has 1 atom stereocenters. The lowest BCUT2D eigenvalue weighted by atomic mass is 10.1. The van der Waals surface area contributed by atoms with Crippen LogP contribution in [0.25, 0.3) is 0 Å². The van der Waals surface area contributed by atoms with Crippen molar-refractivity contribution in [2.45, 2.75) is 19.4 Å². The molecule has 0 radical (unpaired) electrons. The van der Waals surface area contributed by atoms with Gasteiger partial charge in [-0.05, 0) is 55.3 Å². The van der Waals surface area contributed by atoms with Crippen molar-refractivity contribution in [2.75, 3.05) is 6.54 Å². The molecule has 0 saturated heterocycles. The van der Waals surface area contributed by atoms with Gasteiger partial charge < -0.3 is 5.32 Å². The van der Waals surface area contributed by atoms with Crippen LogP contribution < -0.4 is 5.32 Å². The Balaban J connectivity index is 1.87. The van der Waals surface area contributed by atoms with Crippen LogP contribution in [0.5, 0.6) is 0 Å². The van der Waals surface area contributed by atoms with Crippen molar-refractivity contribution in [3.05, 3.63) is 70.2 Å². The van der Waals surface area contributed by atoms with Crippen molar-refractivity contribution in [1.29, 1.82) is 0 Å². The summed E-state index contributed by atoms with van der Waals surface area (Å²) in [6.45, 7) is 2.68. The zero-order valence-corrected chi connectivity index (χ0v) is 11.9. The van der Waals surface area contributed by atoms with Gasteiger partial charge in [0, 0.05) is 11.1 Å². The van der Waals surface area contributed by atoms with E-state index in [-0.39, 0.29) is 6.04 Å². The number of hydrogen-bond donors (Lipinski definition) is 1. The molecule has 0 bridgehead atoms. The Hall–Kier alpha value is -1.45. The first-order chi connectivity index (χ1) is 9.56. The lowest BCUT2D eigenvalue weighted by Crippen LogP contribution is -2.21. The van der Waals surface area contributed by atoms with Crippen LogP contribution in [-0.4, -0.2) is 6.54 Å². The number of hydrogen-bond acceptors (Lipinski definition) is 1. The van der Waals surface area contributed by atoms with Crippen LogP contribution in [0.2, 0.25) is 5.02 Å². The van der Waals surface area contributed by atoms with Gasteiger partial charge >= 0.3 is 0 Å². The second-order valence-electron chi connectivity index (χ2n) is 4.73. The summed E-state index contributed by atoms with van der Waals surface area (Å²) in [6.07, 6.45) is 0.852. The lowest BCUT2D eigenvalue weighted by Gasteiger charge is -2.14. The van der Waals surface area contributed by atoms with Crippen molar-refractivity contribution >= 4 is 11.6 Å². The molecule has 0 aliphatic carbocycles. The van der Waals surface area contributed by atoms with Gasteiger partial charge in [0.25, 0.3) is 0 Å². The van der Waals surface area contributed by atoms with Crippen LogP contribution in [-0.2, 0) is 6.42 Å². The van der Waals surface area contributed by atoms with E-state index in [2.05, 4.69) is 5.32 Å². The molecule has 106 valence electrons. The van der Waals surface area contributed by atoms with Crippen molar-refractivity contribution in [3.8, 4) is 0 Å². The van der Waals surface area contributed by atoms with Gasteiger partial charge in [0.2, 0.25) is 0 Å². The van der Waals surface area contributed by atoms with E-state index >= 15 is 0 Å². The van der Waals surface area contributed by atoms with Gasteiger partial charge in [-0.15, -0.1) is 0 Å². The minimum absolute atomic E-state index is 0.0302. The molecule has 0 amide bonds. The SMILES string of the molecule is CC(NCCc1ccc(Cl)cc1)c1ccc(F)c(F)c1. The number of rotatable bonds is 5. The molecule has 1 N–H and O–H groups in total. The van der Waals surface area contributed by atoms with E-state index < -0.39 is 11.6 Å². The fraction of sp³-hybridized carbons (Fsp3) is 0.250. The molecule has 0 aromatic heterocycles. The van der Waals surface area contributed by atoms with Gasteiger partial charge in [-0.1, -0.05) is 29.8 Å². The van der Waals surface area contributed by atoms with Gasteiger partial charge in [0.1, 0.15) is 0 Å². The Kier molecular flexibility index (Phi) is 5.10. The van der Waals surface area contributed by atoms with E-state index in [0.29, 0.717) is 0 Å². The Morgan fingerprint density at radius 3 is 2.40 bits per heavy atom. The average Bonchev–Trinajstić information content (AvgIpc) is 2.44. The van der Waals surface area contributed by atoms with Crippen molar-refractivity contribution in [2.24, 2.45) is 0 Å². The summed E-state index contributed by atoms with van der Waals surface area (Å²) in [6, 6.07) is 11.6.